The number of likely N-dealkylation sites (tertiary alicyclic amines) is 1. The molecule has 6 rings (SSSR count). The molecule has 0 unspecified atom stereocenters. The Hall–Kier alpha value is -5.75. The first-order chi connectivity index (χ1) is 22.6. The highest BCUT2D eigenvalue weighted by Crippen LogP contribution is 2.35. The molecule has 0 atom stereocenters. The van der Waals surface area contributed by atoms with Crippen molar-refractivity contribution >= 4 is 46.5 Å². The van der Waals surface area contributed by atoms with Crippen molar-refractivity contribution in [3.05, 3.63) is 162 Å². The smallest absolute Gasteiger partial charge is 0.340 e. The number of hydrogen-bond acceptors (Lipinski definition) is 5. The fourth-order valence-corrected chi connectivity index (χ4v) is 5.57. The number of amides is 1. The van der Waals surface area contributed by atoms with Crippen LogP contribution in [0.3, 0.4) is 0 Å². The van der Waals surface area contributed by atoms with Crippen molar-refractivity contribution in [3.63, 3.8) is 0 Å². The van der Waals surface area contributed by atoms with Gasteiger partial charge >= 0.3 is 5.97 Å². The second kappa shape index (κ2) is 14.4. The number of anilines is 3. The van der Waals surface area contributed by atoms with Gasteiger partial charge in [0.25, 0.3) is 5.91 Å². The van der Waals surface area contributed by atoms with Gasteiger partial charge in [-0.25, -0.2) is 9.79 Å². The Kier molecular flexibility index (Phi) is 9.45. The van der Waals surface area contributed by atoms with Crippen LogP contribution in [-0.2, 0) is 16.0 Å². The van der Waals surface area contributed by atoms with Gasteiger partial charge in [0.1, 0.15) is 5.84 Å². The minimum Gasteiger partial charge on any atom is -0.462 e. The van der Waals surface area contributed by atoms with E-state index < -0.39 is 5.97 Å². The molecule has 0 aromatic heterocycles. The molecule has 1 fully saturated rings. The number of ether oxygens (including phenoxy) is 1. The summed E-state index contributed by atoms with van der Waals surface area (Å²) in [6, 6.07) is 45.9. The lowest BCUT2D eigenvalue weighted by Crippen LogP contribution is -2.31. The summed E-state index contributed by atoms with van der Waals surface area (Å²) in [5, 5.41) is 0. The molecule has 0 spiro atoms. The first kappa shape index (κ1) is 30.3. The highest BCUT2D eigenvalue weighted by Gasteiger charge is 2.32. The molecule has 6 nitrogen and oxygen atoms in total. The van der Waals surface area contributed by atoms with E-state index in [1.807, 2.05) is 78.9 Å². The lowest BCUT2D eigenvalue weighted by molar-refractivity contribution is -0.122. The zero-order valence-corrected chi connectivity index (χ0v) is 25.8. The van der Waals surface area contributed by atoms with E-state index in [-0.39, 0.29) is 12.5 Å². The average molecular weight is 606 g/mol. The Morgan fingerprint density at radius 1 is 0.761 bits per heavy atom. The van der Waals surface area contributed by atoms with Crippen LogP contribution >= 0.6 is 0 Å². The van der Waals surface area contributed by atoms with E-state index in [9.17, 15) is 9.59 Å². The Bertz CT molecular complexity index is 1810. The molecule has 0 N–H and O–H groups in total. The Morgan fingerprint density at radius 2 is 1.33 bits per heavy atom. The molecule has 1 aliphatic heterocycles. The van der Waals surface area contributed by atoms with Crippen LogP contribution in [0.1, 0.15) is 34.8 Å². The zero-order chi connectivity index (χ0) is 31.7. The molecule has 1 amide bonds. The summed E-state index contributed by atoms with van der Waals surface area (Å²) in [5.41, 5.74) is 6.70. The maximum Gasteiger partial charge on any atom is 0.340 e. The van der Waals surface area contributed by atoms with Crippen molar-refractivity contribution in [3.8, 4) is 0 Å². The van der Waals surface area contributed by atoms with E-state index in [4.69, 9.17) is 9.73 Å². The topological polar surface area (TPSA) is 62.2 Å². The van der Waals surface area contributed by atoms with Crippen LogP contribution in [0.15, 0.2) is 150 Å². The monoisotopic (exact) mass is 605 g/mol. The third-order valence-corrected chi connectivity index (χ3v) is 7.82. The number of rotatable bonds is 10. The normalized spacial score (nSPS) is 14.5. The van der Waals surface area contributed by atoms with Crippen LogP contribution in [0.5, 0.6) is 0 Å². The third kappa shape index (κ3) is 6.97. The fourth-order valence-electron chi connectivity index (χ4n) is 5.57. The summed E-state index contributed by atoms with van der Waals surface area (Å²) >= 11 is 0. The molecule has 5 aromatic carbocycles. The lowest BCUT2D eigenvalue weighted by Gasteiger charge is -2.25. The van der Waals surface area contributed by atoms with E-state index in [1.54, 1.807) is 30.0 Å². The maximum absolute atomic E-state index is 13.9. The SMILES string of the molecule is CCOC(=O)c1ccccc1/N=C1/C/C(=C/c2ccc(N(c3ccccc3)c3ccccc3)cc2)C(=O)N1CCc1ccccc1. The van der Waals surface area contributed by atoms with Crippen molar-refractivity contribution in [2.75, 3.05) is 18.1 Å². The van der Waals surface area contributed by atoms with E-state index in [2.05, 4.69) is 53.4 Å². The third-order valence-electron chi connectivity index (χ3n) is 7.82. The Morgan fingerprint density at radius 3 is 1.96 bits per heavy atom. The van der Waals surface area contributed by atoms with E-state index in [0.29, 0.717) is 42.0 Å². The predicted molar refractivity (Wildman–Crippen MR) is 185 cm³/mol. The van der Waals surface area contributed by atoms with Crippen LogP contribution in [0.25, 0.3) is 6.08 Å². The van der Waals surface area contributed by atoms with Crippen LogP contribution in [-0.4, -0.2) is 35.8 Å². The van der Waals surface area contributed by atoms with Crippen LogP contribution < -0.4 is 4.90 Å². The number of carbonyl (C=O) groups is 2. The molecule has 1 saturated heterocycles. The van der Waals surface area contributed by atoms with Crippen LogP contribution in [0.4, 0.5) is 22.7 Å². The molecule has 5 aromatic rings. The number of carbonyl (C=O) groups excluding carboxylic acids is 2. The number of benzene rings is 5. The van der Waals surface area contributed by atoms with Gasteiger partial charge in [-0.2, -0.15) is 0 Å². The molecule has 1 aliphatic rings. The second-order valence-electron chi connectivity index (χ2n) is 10.9. The summed E-state index contributed by atoms with van der Waals surface area (Å²) in [7, 11) is 0. The standard InChI is InChI=1S/C40H35N3O3/c1-2-46-40(45)36-20-12-13-21-37(36)41-38-29-32(39(44)42(38)27-26-30-14-6-3-7-15-30)28-31-22-24-35(25-23-31)43(33-16-8-4-9-17-33)34-18-10-5-11-19-34/h3-25,28H,2,26-27,29H2,1H3/b32-28-,41-38-. The number of hydrogen-bond donors (Lipinski definition) is 0. The largest absolute Gasteiger partial charge is 0.462 e. The molecule has 228 valence electrons. The fraction of sp³-hybridized carbons (Fsp3) is 0.125. The summed E-state index contributed by atoms with van der Waals surface area (Å²) in [4.78, 5) is 35.4. The molecule has 46 heavy (non-hydrogen) atoms. The van der Waals surface area contributed by atoms with Crippen molar-refractivity contribution < 1.29 is 14.3 Å². The van der Waals surface area contributed by atoms with Crippen molar-refractivity contribution in [1.29, 1.82) is 0 Å². The van der Waals surface area contributed by atoms with Gasteiger partial charge < -0.3 is 9.64 Å². The summed E-state index contributed by atoms with van der Waals surface area (Å²) in [5.74, 6) is 0.0981. The highest BCUT2D eigenvalue weighted by atomic mass is 16.5. The van der Waals surface area contributed by atoms with Gasteiger partial charge in [0, 0.05) is 35.6 Å². The second-order valence-corrected chi connectivity index (χ2v) is 10.9. The number of esters is 1. The lowest BCUT2D eigenvalue weighted by atomic mass is 10.1. The van der Waals surface area contributed by atoms with Crippen molar-refractivity contribution in [1.82, 2.24) is 4.90 Å². The maximum atomic E-state index is 13.9. The highest BCUT2D eigenvalue weighted by molar-refractivity contribution is 6.18. The van der Waals surface area contributed by atoms with E-state index in [0.717, 1.165) is 28.2 Å². The molecule has 1 heterocycles. The molecular formula is C40H35N3O3. The number of para-hydroxylation sites is 3. The molecule has 0 radical (unpaired) electrons. The number of nitrogens with zero attached hydrogens (tertiary/aromatic N) is 3. The molecule has 0 saturated carbocycles. The first-order valence-corrected chi connectivity index (χ1v) is 15.5. The van der Waals surface area contributed by atoms with Gasteiger partial charge in [0.15, 0.2) is 0 Å². The van der Waals surface area contributed by atoms with Gasteiger partial charge in [0.05, 0.1) is 17.9 Å². The van der Waals surface area contributed by atoms with Gasteiger partial charge in [-0.1, -0.05) is 91.0 Å². The molecule has 0 bridgehead atoms. The first-order valence-electron chi connectivity index (χ1n) is 15.5. The molecule has 6 heteroatoms. The quantitative estimate of drug-likeness (QED) is 0.118. The van der Waals surface area contributed by atoms with Crippen molar-refractivity contribution in [2.24, 2.45) is 4.99 Å². The van der Waals surface area contributed by atoms with Gasteiger partial charge in [0.2, 0.25) is 0 Å². The Labute approximate surface area is 269 Å². The number of aliphatic imine (C=N–C) groups is 1. The minimum absolute atomic E-state index is 0.0810. The molecule has 0 aliphatic carbocycles. The Balaban J connectivity index is 1.31. The number of amidine groups is 1. The summed E-state index contributed by atoms with van der Waals surface area (Å²) in [6.07, 6.45) is 2.98. The molecular weight excluding hydrogens is 570 g/mol. The van der Waals surface area contributed by atoms with E-state index in [1.165, 1.54) is 0 Å². The predicted octanol–water partition coefficient (Wildman–Crippen LogP) is 8.92. The van der Waals surface area contributed by atoms with Gasteiger partial charge in [-0.05, 0) is 79.1 Å². The van der Waals surface area contributed by atoms with Gasteiger partial charge in [-0.15, -0.1) is 0 Å². The van der Waals surface area contributed by atoms with Crippen LogP contribution in [0.2, 0.25) is 0 Å². The summed E-state index contributed by atoms with van der Waals surface area (Å²) < 4.78 is 5.27. The van der Waals surface area contributed by atoms with E-state index >= 15 is 0 Å². The summed E-state index contributed by atoms with van der Waals surface area (Å²) in [6.45, 7) is 2.52. The zero-order valence-electron chi connectivity index (χ0n) is 25.8. The average Bonchev–Trinajstić information content (AvgIpc) is 3.39. The van der Waals surface area contributed by atoms with Crippen molar-refractivity contribution in [2.45, 2.75) is 19.8 Å². The van der Waals surface area contributed by atoms with Crippen LogP contribution in [0, 0.1) is 0 Å². The minimum atomic E-state index is -0.432. The van der Waals surface area contributed by atoms with Gasteiger partial charge in [-0.3, -0.25) is 9.69 Å².